The molecule has 0 bridgehead atoms. The summed E-state index contributed by atoms with van der Waals surface area (Å²) in [5.41, 5.74) is 0.967. The van der Waals surface area contributed by atoms with Gasteiger partial charge in [0.25, 0.3) is 0 Å². The van der Waals surface area contributed by atoms with Crippen molar-refractivity contribution >= 4 is 5.97 Å². The fraction of sp³-hybridized carbons (Fsp3) is 0.500. The van der Waals surface area contributed by atoms with E-state index < -0.39 is 12.0 Å². The fourth-order valence-electron chi connectivity index (χ4n) is 1.72. The summed E-state index contributed by atoms with van der Waals surface area (Å²) < 4.78 is 10.0. The molecule has 0 saturated carbocycles. The minimum Gasteiger partial charge on any atom is -0.497 e. The summed E-state index contributed by atoms with van der Waals surface area (Å²) in [4.78, 5) is 11.7. The van der Waals surface area contributed by atoms with E-state index in [0.717, 1.165) is 11.3 Å². The first-order valence-electron chi connectivity index (χ1n) is 6.06. The van der Waals surface area contributed by atoms with E-state index in [1.807, 2.05) is 24.3 Å². The minimum absolute atomic E-state index is 0.324. The second-order valence-corrected chi connectivity index (χ2v) is 4.15. The van der Waals surface area contributed by atoms with Crippen LogP contribution in [0.25, 0.3) is 0 Å². The zero-order valence-electron chi connectivity index (χ0n) is 11.1. The SMILES string of the molecule is CCOC(=O)[C@H](Cc1ccc(OC)cc1)[C@H](C)O. The average molecular weight is 252 g/mol. The Hall–Kier alpha value is -1.55. The van der Waals surface area contributed by atoms with Crippen LogP contribution in [0.15, 0.2) is 24.3 Å². The monoisotopic (exact) mass is 252 g/mol. The Morgan fingerprint density at radius 2 is 1.94 bits per heavy atom. The van der Waals surface area contributed by atoms with Crippen molar-refractivity contribution in [2.24, 2.45) is 5.92 Å². The molecule has 0 spiro atoms. The second-order valence-electron chi connectivity index (χ2n) is 4.15. The van der Waals surface area contributed by atoms with Crippen molar-refractivity contribution in [3.05, 3.63) is 29.8 Å². The van der Waals surface area contributed by atoms with Crippen LogP contribution < -0.4 is 4.74 Å². The highest BCUT2D eigenvalue weighted by Crippen LogP contribution is 2.17. The van der Waals surface area contributed by atoms with Gasteiger partial charge in [0, 0.05) is 0 Å². The summed E-state index contributed by atoms with van der Waals surface area (Å²) >= 11 is 0. The lowest BCUT2D eigenvalue weighted by molar-refractivity contribution is -0.151. The molecule has 4 heteroatoms. The van der Waals surface area contributed by atoms with Gasteiger partial charge in [0.15, 0.2) is 0 Å². The number of aliphatic hydroxyl groups excluding tert-OH is 1. The lowest BCUT2D eigenvalue weighted by atomic mass is 9.95. The zero-order chi connectivity index (χ0) is 13.5. The topological polar surface area (TPSA) is 55.8 Å². The number of hydrogen-bond acceptors (Lipinski definition) is 4. The van der Waals surface area contributed by atoms with Crippen LogP contribution >= 0.6 is 0 Å². The van der Waals surface area contributed by atoms with Gasteiger partial charge in [-0.15, -0.1) is 0 Å². The molecule has 0 aliphatic carbocycles. The molecule has 0 aromatic heterocycles. The molecule has 4 nitrogen and oxygen atoms in total. The van der Waals surface area contributed by atoms with Gasteiger partial charge in [-0.1, -0.05) is 12.1 Å². The highest BCUT2D eigenvalue weighted by Gasteiger charge is 2.25. The molecule has 0 amide bonds. The minimum atomic E-state index is -0.730. The van der Waals surface area contributed by atoms with Gasteiger partial charge in [0.1, 0.15) is 5.75 Å². The average Bonchev–Trinajstić information content (AvgIpc) is 2.36. The number of aliphatic hydroxyl groups is 1. The van der Waals surface area contributed by atoms with Crippen molar-refractivity contribution in [1.82, 2.24) is 0 Å². The number of benzene rings is 1. The standard InChI is InChI=1S/C14H20O4/c1-4-18-14(16)13(10(2)15)9-11-5-7-12(17-3)8-6-11/h5-8,10,13,15H,4,9H2,1-3H3/t10-,13+/m0/s1. The Balaban J connectivity index is 2.73. The van der Waals surface area contributed by atoms with Gasteiger partial charge >= 0.3 is 5.97 Å². The maximum absolute atomic E-state index is 11.7. The molecule has 100 valence electrons. The van der Waals surface area contributed by atoms with Crippen LogP contribution in [0, 0.1) is 5.92 Å². The molecule has 1 aromatic rings. The first-order valence-corrected chi connectivity index (χ1v) is 6.06. The Labute approximate surface area is 108 Å². The molecule has 0 unspecified atom stereocenters. The normalized spacial score (nSPS) is 13.8. The molecule has 0 aliphatic heterocycles. The van der Waals surface area contributed by atoms with Gasteiger partial charge in [-0.05, 0) is 38.0 Å². The maximum Gasteiger partial charge on any atom is 0.311 e. The summed E-state index contributed by atoms with van der Waals surface area (Å²) in [6.07, 6.45) is -0.272. The van der Waals surface area contributed by atoms with Crippen molar-refractivity contribution in [3.63, 3.8) is 0 Å². The third-order valence-corrected chi connectivity index (χ3v) is 2.79. The van der Waals surface area contributed by atoms with E-state index in [1.165, 1.54) is 0 Å². The van der Waals surface area contributed by atoms with Gasteiger partial charge in [-0.25, -0.2) is 0 Å². The molecule has 0 saturated heterocycles. The molecule has 0 fully saturated rings. The third-order valence-electron chi connectivity index (χ3n) is 2.79. The van der Waals surface area contributed by atoms with Crippen molar-refractivity contribution < 1.29 is 19.4 Å². The Kier molecular flexibility index (Phi) is 5.65. The first-order chi connectivity index (χ1) is 8.58. The Morgan fingerprint density at radius 3 is 2.39 bits per heavy atom. The molecular weight excluding hydrogens is 232 g/mol. The Morgan fingerprint density at radius 1 is 1.33 bits per heavy atom. The fourth-order valence-corrected chi connectivity index (χ4v) is 1.72. The highest BCUT2D eigenvalue weighted by atomic mass is 16.5. The highest BCUT2D eigenvalue weighted by molar-refractivity contribution is 5.73. The first kappa shape index (κ1) is 14.5. The van der Waals surface area contributed by atoms with Crippen molar-refractivity contribution in [2.45, 2.75) is 26.4 Å². The lowest BCUT2D eigenvalue weighted by Crippen LogP contribution is -2.29. The second kappa shape index (κ2) is 7.01. The number of ether oxygens (including phenoxy) is 2. The van der Waals surface area contributed by atoms with E-state index in [4.69, 9.17) is 9.47 Å². The third kappa shape index (κ3) is 4.04. The van der Waals surface area contributed by atoms with Gasteiger partial charge < -0.3 is 14.6 Å². The van der Waals surface area contributed by atoms with Crippen molar-refractivity contribution in [3.8, 4) is 5.75 Å². The number of hydrogen-bond donors (Lipinski definition) is 1. The number of esters is 1. The van der Waals surface area contributed by atoms with Crippen LogP contribution in [0.1, 0.15) is 19.4 Å². The van der Waals surface area contributed by atoms with Crippen molar-refractivity contribution in [1.29, 1.82) is 0 Å². The number of carbonyl (C=O) groups is 1. The van der Waals surface area contributed by atoms with Crippen LogP contribution in [0.4, 0.5) is 0 Å². The molecule has 1 N–H and O–H groups in total. The quantitative estimate of drug-likeness (QED) is 0.784. The van der Waals surface area contributed by atoms with Gasteiger partial charge in [-0.3, -0.25) is 4.79 Å². The molecule has 2 atom stereocenters. The molecular formula is C14H20O4. The van der Waals surface area contributed by atoms with Crippen molar-refractivity contribution in [2.75, 3.05) is 13.7 Å². The van der Waals surface area contributed by atoms with E-state index in [2.05, 4.69) is 0 Å². The number of carbonyl (C=O) groups excluding carboxylic acids is 1. The summed E-state index contributed by atoms with van der Waals surface area (Å²) in [6.45, 7) is 3.68. The van der Waals surface area contributed by atoms with Crippen LogP contribution in [0.3, 0.4) is 0 Å². The summed E-state index contributed by atoms with van der Waals surface area (Å²) in [5.74, 6) is -0.120. The predicted molar refractivity (Wildman–Crippen MR) is 68.5 cm³/mol. The van der Waals surface area contributed by atoms with E-state index in [-0.39, 0.29) is 5.97 Å². The lowest BCUT2D eigenvalue weighted by Gasteiger charge is -2.18. The maximum atomic E-state index is 11.7. The van der Waals surface area contributed by atoms with E-state index >= 15 is 0 Å². The molecule has 1 rings (SSSR count). The molecule has 1 aromatic carbocycles. The molecule has 0 aliphatic rings. The van der Waals surface area contributed by atoms with Gasteiger partial charge in [0.05, 0.1) is 25.7 Å². The van der Waals surface area contributed by atoms with Crippen LogP contribution in [0.5, 0.6) is 5.75 Å². The van der Waals surface area contributed by atoms with Crippen LogP contribution in [0.2, 0.25) is 0 Å². The largest absolute Gasteiger partial charge is 0.497 e. The number of methoxy groups -OCH3 is 1. The van der Waals surface area contributed by atoms with Crippen LogP contribution in [-0.2, 0) is 16.0 Å². The molecule has 0 radical (unpaired) electrons. The molecule has 18 heavy (non-hydrogen) atoms. The van der Waals surface area contributed by atoms with Crippen LogP contribution in [-0.4, -0.2) is 30.9 Å². The zero-order valence-corrected chi connectivity index (χ0v) is 11.1. The Bertz CT molecular complexity index is 370. The van der Waals surface area contributed by atoms with Gasteiger partial charge in [0.2, 0.25) is 0 Å². The summed E-state index contributed by atoms with van der Waals surface area (Å²) in [5, 5.41) is 9.65. The van der Waals surface area contributed by atoms with E-state index in [0.29, 0.717) is 13.0 Å². The van der Waals surface area contributed by atoms with E-state index in [9.17, 15) is 9.90 Å². The molecule has 0 heterocycles. The number of rotatable bonds is 6. The summed E-state index contributed by atoms with van der Waals surface area (Å²) in [6, 6.07) is 7.43. The smallest absolute Gasteiger partial charge is 0.311 e. The van der Waals surface area contributed by atoms with E-state index in [1.54, 1.807) is 21.0 Å². The summed E-state index contributed by atoms with van der Waals surface area (Å²) in [7, 11) is 1.60. The van der Waals surface area contributed by atoms with Gasteiger partial charge in [-0.2, -0.15) is 0 Å². The predicted octanol–water partition coefficient (Wildman–Crippen LogP) is 1.80.